The molecule has 0 bridgehead atoms. The molecule has 1 aliphatic carbocycles. The maximum atomic E-state index is 14.3. The second kappa shape index (κ2) is 11.7. The van der Waals surface area contributed by atoms with Crippen LogP contribution in [0.1, 0.15) is 62.6 Å². The average Bonchev–Trinajstić information content (AvgIpc) is 2.92. The van der Waals surface area contributed by atoms with Crippen molar-refractivity contribution in [2.75, 3.05) is 20.3 Å². The topological polar surface area (TPSA) is 90.9 Å². The number of carbonyl (C=O) groups is 3. The van der Waals surface area contributed by atoms with Crippen LogP contribution >= 0.6 is 0 Å². The van der Waals surface area contributed by atoms with E-state index in [1.54, 1.807) is 21.0 Å². The van der Waals surface area contributed by atoms with Crippen LogP contribution < -0.4 is 10.1 Å². The molecule has 1 heterocycles. The summed E-state index contributed by atoms with van der Waals surface area (Å²) in [5.41, 5.74) is 4.90. The van der Waals surface area contributed by atoms with E-state index in [9.17, 15) is 14.4 Å². The molecule has 0 saturated heterocycles. The summed E-state index contributed by atoms with van der Waals surface area (Å²) >= 11 is 0. The summed E-state index contributed by atoms with van der Waals surface area (Å²) in [6, 6.07) is 15.3. The van der Waals surface area contributed by atoms with Gasteiger partial charge in [0, 0.05) is 28.8 Å². The van der Waals surface area contributed by atoms with Gasteiger partial charge in [0.05, 0.1) is 25.9 Å². The molecule has 0 saturated carbocycles. The number of carbonyl (C=O) groups excluding carboxylic acids is 3. The zero-order chi connectivity index (χ0) is 27.4. The number of methoxy groups -OCH3 is 1. The van der Waals surface area contributed by atoms with Crippen molar-refractivity contribution >= 4 is 17.7 Å². The molecule has 1 aliphatic heterocycles. The number of aryl methyl sites for hydroxylation is 1. The SMILES string of the molecule is CCOC(=O)C1=C(C)NC2=C(C(=O)[C@@H](C(=O)OCC)[C@H](c3cccc(OC)c3)C2)[C@@H]1c1ccc(CC)cc1. The Labute approximate surface area is 223 Å². The molecular formula is C31H35NO6. The summed E-state index contributed by atoms with van der Waals surface area (Å²) in [6.45, 7) is 7.74. The number of nitrogens with one attached hydrogen (secondary N) is 1. The highest BCUT2D eigenvalue weighted by Crippen LogP contribution is 2.48. The van der Waals surface area contributed by atoms with Crippen LogP contribution in [-0.4, -0.2) is 38.0 Å². The third-order valence-corrected chi connectivity index (χ3v) is 7.30. The Morgan fingerprint density at radius 3 is 2.32 bits per heavy atom. The summed E-state index contributed by atoms with van der Waals surface area (Å²) in [6.07, 6.45) is 1.26. The van der Waals surface area contributed by atoms with E-state index in [4.69, 9.17) is 14.2 Å². The second-order valence-corrected chi connectivity index (χ2v) is 9.49. The Kier molecular flexibility index (Phi) is 8.35. The number of esters is 2. The highest BCUT2D eigenvalue weighted by molar-refractivity contribution is 6.13. The van der Waals surface area contributed by atoms with Crippen LogP contribution in [-0.2, 0) is 30.3 Å². The zero-order valence-corrected chi connectivity index (χ0v) is 22.6. The monoisotopic (exact) mass is 517 g/mol. The summed E-state index contributed by atoms with van der Waals surface area (Å²) in [4.78, 5) is 40.9. The first kappa shape index (κ1) is 27.2. The molecule has 1 N–H and O–H groups in total. The molecule has 4 rings (SSSR count). The molecule has 0 radical (unpaired) electrons. The quantitative estimate of drug-likeness (QED) is 0.390. The van der Waals surface area contributed by atoms with E-state index in [1.807, 2.05) is 55.5 Å². The van der Waals surface area contributed by atoms with E-state index in [-0.39, 0.29) is 19.0 Å². The van der Waals surface area contributed by atoms with Gasteiger partial charge in [-0.2, -0.15) is 0 Å². The van der Waals surface area contributed by atoms with E-state index >= 15 is 0 Å². The van der Waals surface area contributed by atoms with Gasteiger partial charge in [0.15, 0.2) is 5.78 Å². The van der Waals surface area contributed by atoms with Gasteiger partial charge in [-0.1, -0.05) is 43.3 Å². The number of allylic oxidation sites excluding steroid dienone is 3. The summed E-state index contributed by atoms with van der Waals surface area (Å²) in [5.74, 6) is -2.92. The molecule has 2 aliphatic rings. The van der Waals surface area contributed by atoms with Crippen molar-refractivity contribution < 1.29 is 28.6 Å². The fourth-order valence-electron chi connectivity index (χ4n) is 5.48. The minimum Gasteiger partial charge on any atom is -0.497 e. The maximum Gasteiger partial charge on any atom is 0.336 e. The van der Waals surface area contributed by atoms with Crippen LogP contribution in [0.3, 0.4) is 0 Å². The summed E-state index contributed by atoms with van der Waals surface area (Å²) < 4.78 is 16.2. The molecule has 7 heteroatoms. The normalized spacial score (nSPS) is 21.0. The third kappa shape index (κ3) is 5.10. The first-order chi connectivity index (χ1) is 18.3. The number of hydrogen-bond acceptors (Lipinski definition) is 7. The lowest BCUT2D eigenvalue weighted by molar-refractivity contribution is -0.152. The summed E-state index contributed by atoms with van der Waals surface area (Å²) in [5, 5.41) is 3.33. The van der Waals surface area contributed by atoms with E-state index < -0.39 is 29.7 Å². The van der Waals surface area contributed by atoms with Crippen LogP contribution in [0.25, 0.3) is 0 Å². The number of dihydropyridines is 1. The molecule has 7 nitrogen and oxygen atoms in total. The summed E-state index contributed by atoms with van der Waals surface area (Å²) in [7, 11) is 1.58. The predicted octanol–water partition coefficient (Wildman–Crippen LogP) is 4.97. The standard InChI is InChI=1S/C31H35NO6/c1-6-19-12-14-20(15-13-19)26-25(30(34)37-7-2)18(4)32-24-17-23(21-10-9-11-22(16-21)36-5)27(29(33)28(24)26)31(35)38-8-3/h9-16,23,26-27,32H,6-8,17H2,1-5H3/t23-,26+,27-/m0/s1. The number of benzene rings is 2. The molecule has 2 aromatic rings. The van der Waals surface area contributed by atoms with Crippen LogP contribution in [0.5, 0.6) is 5.75 Å². The van der Waals surface area contributed by atoms with Crippen LogP contribution in [0.15, 0.2) is 71.1 Å². The van der Waals surface area contributed by atoms with Gasteiger partial charge in [-0.15, -0.1) is 0 Å². The number of ketones is 1. The minimum atomic E-state index is -1.05. The van der Waals surface area contributed by atoms with Gasteiger partial charge in [-0.05, 0) is 62.4 Å². The number of ether oxygens (including phenoxy) is 3. The van der Waals surface area contributed by atoms with Crippen molar-refractivity contribution in [1.29, 1.82) is 0 Å². The number of hydrogen-bond donors (Lipinski definition) is 1. The first-order valence-electron chi connectivity index (χ1n) is 13.2. The van der Waals surface area contributed by atoms with Gasteiger partial charge >= 0.3 is 11.9 Å². The van der Waals surface area contributed by atoms with Gasteiger partial charge in [0.25, 0.3) is 0 Å². The Morgan fingerprint density at radius 1 is 0.974 bits per heavy atom. The van der Waals surface area contributed by atoms with Crippen molar-refractivity contribution in [3.05, 3.63) is 87.8 Å². The van der Waals surface area contributed by atoms with Gasteiger partial charge in [0.2, 0.25) is 0 Å². The maximum absolute atomic E-state index is 14.3. The second-order valence-electron chi connectivity index (χ2n) is 9.49. The van der Waals surface area contributed by atoms with Crippen LogP contribution in [0, 0.1) is 5.92 Å². The molecular weight excluding hydrogens is 482 g/mol. The van der Waals surface area contributed by atoms with Crippen LogP contribution in [0.4, 0.5) is 0 Å². The lowest BCUT2D eigenvalue weighted by atomic mass is 9.67. The van der Waals surface area contributed by atoms with E-state index in [0.717, 1.165) is 23.1 Å². The molecule has 38 heavy (non-hydrogen) atoms. The van der Waals surface area contributed by atoms with Crippen molar-refractivity contribution in [2.45, 2.75) is 52.4 Å². The Hall–Kier alpha value is -3.87. The third-order valence-electron chi connectivity index (χ3n) is 7.30. The molecule has 2 aromatic carbocycles. The number of Topliss-reactive ketones (excluding diaryl/α,β-unsaturated/α-hetero) is 1. The minimum absolute atomic E-state index is 0.159. The molecule has 0 aromatic heterocycles. The smallest absolute Gasteiger partial charge is 0.336 e. The highest BCUT2D eigenvalue weighted by Gasteiger charge is 2.49. The van der Waals surface area contributed by atoms with Crippen LogP contribution in [0.2, 0.25) is 0 Å². The molecule has 0 fully saturated rings. The van der Waals surface area contributed by atoms with Crippen molar-refractivity contribution in [3.8, 4) is 5.75 Å². The van der Waals surface area contributed by atoms with E-state index in [1.165, 1.54) is 0 Å². The Balaban J connectivity index is 1.89. The lowest BCUT2D eigenvalue weighted by Gasteiger charge is -2.39. The fraction of sp³-hybridized carbons (Fsp3) is 0.387. The van der Waals surface area contributed by atoms with Gasteiger partial charge in [-0.25, -0.2) is 4.79 Å². The zero-order valence-electron chi connectivity index (χ0n) is 22.6. The molecule has 0 unspecified atom stereocenters. The van der Waals surface area contributed by atoms with Crippen molar-refractivity contribution in [1.82, 2.24) is 5.32 Å². The first-order valence-corrected chi connectivity index (χ1v) is 13.2. The highest BCUT2D eigenvalue weighted by atomic mass is 16.5. The lowest BCUT2D eigenvalue weighted by Crippen LogP contribution is -2.43. The molecule has 0 amide bonds. The average molecular weight is 518 g/mol. The van der Waals surface area contributed by atoms with E-state index in [2.05, 4.69) is 12.2 Å². The molecule has 3 atom stereocenters. The van der Waals surface area contributed by atoms with Gasteiger partial charge in [0.1, 0.15) is 11.7 Å². The van der Waals surface area contributed by atoms with Crippen molar-refractivity contribution in [2.24, 2.45) is 5.92 Å². The van der Waals surface area contributed by atoms with Crippen molar-refractivity contribution in [3.63, 3.8) is 0 Å². The molecule has 0 spiro atoms. The van der Waals surface area contributed by atoms with Gasteiger partial charge < -0.3 is 19.5 Å². The number of rotatable bonds is 8. The molecule has 200 valence electrons. The fourth-order valence-corrected chi connectivity index (χ4v) is 5.48. The Morgan fingerprint density at radius 2 is 1.68 bits per heavy atom. The largest absolute Gasteiger partial charge is 0.497 e. The van der Waals surface area contributed by atoms with Gasteiger partial charge in [-0.3, -0.25) is 9.59 Å². The predicted molar refractivity (Wildman–Crippen MR) is 144 cm³/mol. The Bertz CT molecular complexity index is 1290. The van der Waals surface area contributed by atoms with E-state index in [0.29, 0.717) is 34.7 Å².